The highest BCUT2D eigenvalue weighted by molar-refractivity contribution is 5.73. The van der Waals surface area contributed by atoms with Gasteiger partial charge < -0.3 is 5.11 Å². The van der Waals surface area contributed by atoms with Gasteiger partial charge in [-0.3, -0.25) is 19.7 Å². The van der Waals surface area contributed by atoms with E-state index in [0.717, 1.165) is 11.4 Å². The Bertz CT molecular complexity index is 546. The number of carboxylic acid groups (broad SMARTS) is 1. The van der Waals surface area contributed by atoms with E-state index in [-0.39, 0.29) is 5.92 Å². The summed E-state index contributed by atoms with van der Waals surface area (Å²) in [6.07, 6.45) is 3.44. The molecule has 0 aliphatic carbocycles. The average molecular weight is 299 g/mol. The van der Waals surface area contributed by atoms with Crippen molar-refractivity contribution in [1.82, 2.24) is 14.9 Å². The van der Waals surface area contributed by atoms with Crippen LogP contribution in [-0.2, 0) is 17.9 Å². The number of aliphatic carboxylic acids is 1. The fourth-order valence-electron chi connectivity index (χ4n) is 2.52. The number of rotatable bonds is 7. The SMILES string of the molecule is CC(C)C(C(=O)O)N(Cc1ccccn1)Cc1ccccn1. The van der Waals surface area contributed by atoms with E-state index >= 15 is 0 Å². The van der Waals surface area contributed by atoms with Crippen molar-refractivity contribution in [1.29, 1.82) is 0 Å². The Hall–Kier alpha value is -2.27. The Labute approximate surface area is 130 Å². The number of hydrogen-bond acceptors (Lipinski definition) is 4. The predicted molar refractivity (Wildman–Crippen MR) is 84.0 cm³/mol. The first-order chi connectivity index (χ1) is 10.6. The Kier molecular flexibility index (Phi) is 5.61. The Balaban J connectivity index is 2.25. The number of aromatic nitrogens is 2. The third-order valence-electron chi connectivity index (χ3n) is 3.46. The van der Waals surface area contributed by atoms with Crippen LogP contribution in [0.3, 0.4) is 0 Å². The van der Waals surface area contributed by atoms with Crippen LogP contribution in [0.5, 0.6) is 0 Å². The van der Waals surface area contributed by atoms with Crippen LogP contribution in [0, 0.1) is 5.92 Å². The van der Waals surface area contributed by atoms with Gasteiger partial charge in [0.15, 0.2) is 0 Å². The van der Waals surface area contributed by atoms with Crippen LogP contribution in [-0.4, -0.2) is 32.0 Å². The van der Waals surface area contributed by atoms with E-state index in [1.165, 1.54) is 0 Å². The Morgan fingerprint density at radius 2 is 1.55 bits per heavy atom. The largest absolute Gasteiger partial charge is 0.480 e. The second-order valence-corrected chi connectivity index (χ2v) is 5.57. The van der Waals surface area contributed by atoms with Crippen molar-refractivity contribution in [3.8, 4) is 0 Å². The van der Waals surface area contributed by atoms with E-state index in [0.29, 0.717) is 13.1 Å². The first kappa shape index (κ1) is 16.1. The van der Waals surface area contributed by atoms with Gasteiger partial charge in [0.05, 0.1) is 11.4 Å². The van der Waals surface area contributed by atoms with Gasteiger partial charge in [-0.1, -0.05) is 26.0 Å². The van der Waals surface area contributed by atoms with Crippen molar-refractivity contribution < 1.29 is 9.90 Å². The summed E-state index contributed by atoms with van der Waals surface area (Å²) in [6, 6.07) is 10.8. The van der Waals surface area contributed by atoms with Gasteiger partial charge in [0, 0.05) is 25.5 Å². The minimum Gasteiger partial charge on any atom is -0.480 e. The lowest BCUT2D eigenvalue weighted by Crippen LogP contribution is -2.44. The molecule has 1 N–H and O–H groups in total. The van der Waals surface area contributed by atoms with Crippen LogP contribution in [0.4, 0.5) is 0 Å². The minimum atomic E-state index is -0.818. The Morgan fingerprint density at radius 1 is 1.05 bits per heavy atom. The second kappa shape index (κ2) is 7.66. The van der Waals surface area contributed by atoms with E-state index in [4.69, 9.17) is 0 Å². The molecule has 0 amide bonds. The fraction of sp³-hybridized carbons (Fsp3) is 0.353. The molecule has 0 spiro atoms. The van der Waals surface area contributed by atoms with Gasteiger partial charge in [0.1, 0.15) is 6.04 Å². The smallest absolute Gasteiger partial charge is 0.321 e. The Morgan fingerprint density at radius 3 is 1.86 bits per heavy atom. The maximum Gasteiger partial charge on any atom is 0.321 e. The molecule has 116 valence electrons. The van der Waals surface area contributed by atoms with Gasteiger partial charge in [0.25, 0.3) is 0 Å². The molecule has 5 nitrogen and oxygen atoms in total. The van der Waals surface area contributed by atoms with E-state index < -0.39 is 12.0 Å². The fourth-order valence-corrected chi connectivity index (χ4v) is 2.52. The molecule has 0 saturated carbocycles. The van der Waals surface area contributed by atoms with Crippen LogP contribution in [0.1, 0.15) is 25.2 Å². The average Bonchev–Trinajstić information content (AvgIpc) is 2.48. The normalized spacial score (nSPS) is 12.5. The molecule has 2 aromatic heterocycles. The third-order valence-corrected chi connectivity index (χ3v) is 3.46. The molecule has 0 saturated heterocycles. The molecular formula is C17H21N3O2. The molecule has 22 heavy (non-hydrogen) atoms. The summed E-state index contributed by atoms with van der Waals surface area (Å²) in [6.45, 7) is 4.80. The molecule has 2 heterocycles. The molecule has 0 radical (unpaired) electrons. The third kappa shape index (κ3) is 4.36. The van der Waals surface area contributed by atoms with Gasteiger partial charge in [-0.15, -0.1) is 0 Å². The lowest BCUT2D eigenvalue weighted by Gasteiger charge is -2.30. The summed E-state index contributed by atoms with van der Waals surface area (Å²) in [5, 5.41) is 9.59. The molecule has 0 aliphatic heterocycles. The molecule has 0 bridgehead atoms. The second-order valence-electron chi connectivity index (χ2n) is 5.57. The van der Waals surface area contributed by atoms with Crippen LogP contribution in [0.2, 0.25) is 0 Å². The summed E-state index contributed by atoms with van der Waals surface area (Å²) < 4.78 is 0. The van der Waals surface area contributed by atoms with Gasteiger partial charge in [-0.2, -0.15) is 0 Å². The van der Waals surface area contributed by atoms with Crippen LogP contribution >= 0.6 is 0 Å². The topological polar surface area (TPSA) is 66.3 Å². The van der Waals surface area contributed by atoms with Crippen LogP contribution in [0.25, 0.3) is 0 Å². The first-order valence-corrected chi connectivity index (χ1v) is 7.34. The molecule has 0 aromatic carbocycles. The van der Waals surface area contributed by atoms with E-state index in [2.05, 4.69) is 9.97 Å². The molecule has 1 unspecified atom stereocenters. The van der Waals surface area contributed by atoms with Crippen LogP contribution in [0.15, 0.2) is 48.8 Å². The van der Waals surface area contributed by atoms with Gasteiger partial charge in [0.2, 0.25) is 0 Å². The lowest BCUT2D eigenvalue weighted by atomic mass is 10.0. The van der Waals surface area contributed by atoms with Gasteiger partial charge >= 0.3 is 5.97 Å². The van der Waals surface area contributed by atoms with Crippen molar-refractivity contribution in [2.75, 3.05) is 0 Å². The highest BCUT2D eigenvalue weighted by Crippen LogP contribution is 2.17. The summed E-state index contributed by atoms with van der Waals surface area (Å²) >= 11 is 0. The first-order valence-electron chi connectivity index (χ1n) is 7.34. The quantitative estimate of drug-likeness (QED) is 0.851. The molecular weight excluding hydrogens is 278 g/mol. The predicted octanol–water partition coefficient (Wildman–Crippen LogP) is 2.59. The van der Waals surface area contributed by atoms with E-state index in [1.54, 1.807) is 12.4 Å². The molecule has 1 atom stereocenters. The zero-order chi connectivity index (χ0) is 15.9. The summed E-state index contributed by atoms with van der Waals surface area (Å²) in [4.78, 5) is 22.2. The van der Waals surface area contributed by atoms with Crippen molar-refractivity contribution in [3.63, 3.8) is 0 Å². The van der Waals surface area contributed by atoms with Crippen molar-refractivity contribution in [2.24, 2.45) is 5.92 Å². The summed E-state index contributed by atoms with van der Waals surface area (Å²) in [5.74, 6) is -0.827. The standard InChI is InChI=1S/C17H21N3O2/c1-13(2)16(17(21)22)20(11-14-7-3-5-9-18-14)12-15-8-4-6-10-19-15/h3-10,13,16H,11-12H2,1-2H3,(H,21,22). The molecule has 2 rings (SSSR count). The van der Waals surface area contributed by atoms with E-state index in [9.17, 15) is 9.90 Å². The number of hydrogen-bond donors (Lipinski definition) is 1. The lowest BCUT2D eigenvalue weighted by molar-refractivity contribution is -0.145. The minimum absolute atomic E-state index is 0.00933. The zero-order valence-electron chi connectivity index (χ0n) is 12.9. The maximum atomic E-state index is 11.7. The van der Waals surface area contributed by atoms with E-state index in [1.807, 2.05) is 55.1 Å². The van der Waals surface area contributed by atoms with Crippen molar-refractivity contribution >= 4 is 5.97 Å². The monoisotopic (exact) mass is 299 g/mol. The van der Waals surface area contributed by atoms with Gasteiger partial charge in [-0.25, -0.2) is 0 Å². The zero-order valence-corrected chi connectivity index (χ0v) is 12.9. The van der Waals surface area contributed by atoms with Crippen molar-refractivity contribution in [2.45, 2.75) is 33.0 Å². The molecule has 2 aromatic rings. The molecule has 0 fully saturated rings. The highest BCUT2D eigenvalue weighted by Gasteiger charge is 2.29. The van der Waals surface area contributed by atoms with Crippen LogP contribution < -0.4 is 0 Å². The summed E-state index contributed by atoms with van der Waals surface area (Å²) in [5.41, 5.74) is 1.70. The van der Waals surface area contributed by atoms with Gasteiger partial charge in [-0.05, 0) is 30.2 Å². The summed E-state index contributed by atoms with van der Waals surface area (Å²) in [7, 11) is 0. The molecule has 5 heteroatoms. The number of carbonyl (C=O) groups is 1. The highest BCUT2D eigenvalue weighted by atomic mass is 16.4. The number of carboxylic acids is 1. The van der Waals surface area contributed by atoms with Crippen molar-refractivity contribution in [3.05, 3.63) is 60.2 Å². The number of pyridine rings is 2. The molecule has 0 aliphatic rings. The maximum absolute atomic E-state index is 11.7. The number of nitrogens with zero attached hydrogens (tertiary/aromatic N) is 3.